The SMILES string of the molecule is Cc1cnc(CN2CC3(CCCN(CC(C)(C)N)C3)CCC2=O)cn1. The van der Waals surface area contributed by atoms with Crippen LogP contribution in [0, 0.1) is 12.3 Å². The van der Waals surface area contributed by atoms with Crippen LogP contribution in [-0.2, 0) is 11.3 Å². The first-order valence-corrected chi connectivity index (χ1v) is 9.31. The highest BCUT2D eigenvalue weighted by atomic mass is 16.2. The second kappa shape index (κ2) is 7.00. The van der Waals surface area contributed by atoms with Gasteiger partial charge in [0.1, 0.15) is 0 Å². The summed E-state index contributed by atoms with van der Waals surface area (Å²) in [6.07, 6.45) is 7.56. The number of likely N-dealkylation sites (tertiary alicyclic amines) is 2. The first-order valence-electron chi connectivity index (χ1n) is 9.31. The lowest BCUT2D eigenvalue weighted by Gasteiger charge is -2.49. The monoisotopic (exact) mass is 345 g/mol. The van der Waals surface area contributed by atoms with Crippen molar-refractivity contribution >= 4 is 5.91 Å². The van der Waals surface area contributed by atoms with E-state index in [0.29, 0.717) is 13.0 Å². The zero-order valence-corrected chi connectivity index (χ0v) is 15.8. The summed E-state index contributed by atoms with van der Waals surface area (Å²) in [5, 5.41) is 0. The number of nitrogens with two attached hydrogens (primary N) is 1. The highest BCUT2D eigenvalue weighted by Gasteiger charge is 2.42. The minimum absolute atomic E-state index is 0.180. The highest BCUT2D eigenvalue weighted by molar-refractivity contribution is 5.77. The van der Waals surface area contributed by atoms with E-state index in [1.807, 2.05) is 11.8 Å². The fourth-order valence-corrected chi connectivity index (χ4v) is 4.30. The minimum atomic E-state index is -0.180. The van der Waals surface area contributed by atoms with E-state index in [-0.39, 0.29) is 16.9 Å². The van der Waals surface area contributed by atoms with E-state index in [1.54, 1.807) is 12.4 Å². The summed E-state index contributed by atoms with van der Waals surface area (Å²) in [5.41, 5.74) is 8.02. The number of carbonyl (C=O) groups excluding carboxylic acids is 1. The van der Waals surface area contributed by atoms with Gasteiger partial charge in [0.15, 0.2) is 0 Å². The maximum atomic E-state index is 12.4. The molecule has 3 heterocycles. The van der Waals surface area contributed by atoms with Crippen molar-refractivity contribution < 1.29 is 4.79 Å². The summed E-state index contributed by atoms with van der Waals surface area (Å²) >= 11 is 0. The van der Waals surface area contributed by atoms with Crippen LogP contribution >= 0.6 is 0 Å². The number of aryl methyl sites for hydroxylation is 1. The van der Waals surface area contributed by atoms with Gasteiger partial charge in [-0.05, 0) is 46.6 Å². The van der Waals surface area contributed by atoms with E-state index in [1.165, 1.54) is 12.8 Å². The average molecular weight is 345 g/mol. The van der Waals surface area contributed by atoms with E-state index in [2.05, 4.69) is 28.7 Å². The molecule has 2 aliphatic rings. The molecule has 1 unspecified atom stereocenters. The Morgan fingerprint density at radius 3 is 2.72 bits per heavy atom. The third-order valence-electron chi connectivity index (χ3n) is 5.31. The van der Waals surface area contributed by atoms with Gasteiger partial charge in [0.25, 0.3) is 0 Å². The van der Waals surface area contributed by atoms with Crippen LogP contribution in [0.25, 0.3) is 0 Å². The van der Waals surface area contributed by atoms with Gasteiger partial charge in [-0.1, -0.05) is 0 Å². The maximum Gasteiger partial charge on any atom is 0.222 e. The molecule has 2 fully saturated rings. The first-order chi connectivity index (χ1) is 11.7. The number of aromatic nitrogens is 2. The lowest BCUT2D eigenvalue weighted by atomic mass is 9.73. The van der Waals surface area contributed by atoms with Crippen LogP contribution in [0.4, 0.5) is 0 Å². The molecule has 6 nitrogen and oxygen atoms in total. The number of hydrogen-bond donors (Lipinski definition) is 1. The second-order valence-electron chi connectivity index (χ2n) is 8.70. The van der Waals surface area contributed by atoms with Crippen molar-refractivity contribution in [2.24, 2.45) is 11.1 Å². The summed E-state index contributed by atoms with van der Waals surface area (Å²) in [5.74, 6) is 0.240. The van der Waals surface area contributed by atoms with Crippen molar-refractivity contribution in [3.8, 4) is 0 Å². The molecule has 6 heteroatoms. The van der Waals surface area contributed by atoms with Gasteiger partial charge < -0.3 is 15.5 Å². The molecule has 0 aromatic carbocycles. The molecule has 0 radical (unpaired) electrons. The van der Waals surface area contributed by atoms with Crippen molar-refractivity contribution in [3.05, 3.63) is 23.8 Å². The fraction of sp³-hybridized carbons (Fsp3) is 0.737. The Balaban J connectivity index is 1.68. The van der Waals surface area contributed by atoms with Crippen LogP contribution in [0.2, 0.25) is 0 Å². The molecule has 1 amide bonds. The van der Waals surface area contributed by atoms with E-state index in [4.69, 9.17) is 5.73 Å². The Bertz CT molecular complexity index is 609. The summed E-state index contributed by atoms with van der Waals surface area (Å²) in [4.78, 5) is 25.6. The van der Waals surface area contributed by atoms with E-state index < -0.39 is 0 Å². The Morgan fingerprint density at radius 2 is 2.04 bits per heavy atom. The number of carbonyl (C=O) groups is 1. The van der Waals surface area contributed by atoms with Gasteiger partial charge in [0, 0.05) is 43.2 Å². The van der Waals surface area contributed by atoms with Crippen molar-refractivity contribution in [1.29, 1.82) is 0 Å². The van der Waals surface area contributed by atoms with E-state index in [0.717, 1.165) is 44.0 Å². The lowest BCUT2D eigenvalue weighted by molar-refractivity contribution is -0.140. The molecule has 0 aliphatic carbocycles. The first kappa shape index (κ1) is 18.3. The lowest BCUT2D eigenvalue weighted by Crippen LogP contribution is -2.56. The molecule has 1 aromatic rings. The molecule has 2 N–H and O–H groups in total. The predicted octanol–water partition coefficient (Wildman–Crippen LogP) is 1.73. The zero-order valence-electron chi connectivity index (χ0n) is 15.8. The fourth-order valence-electron chi connectivity index (χ4n) is 4.30. The molecule has 1 spiro atoms. The standard InChI is InChI=1S/C19H31N5O/c1-15-9-22-16(10-21-15)11-24-14-19(7-5-17(24)25)6-4-8-23(13-19)12-18(2,3)20/h9-10H,4-8,11-14,20H2,1-3H3. The van der Waals surface area contributed by atoms with Gasteiger partial charge in [-0.2, -0.15) is 0 Å². The highest BCUT2D eigenvalue weighted by Crippen LogP contribution is 2.39. The molecule has 0 bridgehead atoms. The molecule has 2 aliphatic heterocycles. The summed E-state index contributed by atoms with van der Waals surface area (Å²) < 4.78 is 0. The molecule has 1 atom stereocenters. The minimum Gasteiger partial charge on any atom is -0.336 e. The average Bonchev–Trinajstić information content (AvgIpc) is 2.52. The molecular formula is C19H31N5O. The van der Waals surface area contributed by atoms with Gasteiger partial charge in [-0.3, -0.25) is 14.8 Å². The Labute approximate surface area is 150 Å². The number of piperidine rings is 2. The van der Waals surface area contributed by atoms with Crippen LogP contribution < -0.4 is 5.73 Å². The van der Waals surface area contributed by atoms with E-state index in [9.17, 15) is 4.79 Å². The maximum absolute atomic E-state index is 12.4. The Morgan fingerprint density at radius 1 is 1.24 bits per heavy atom. The Hall–Kier alpha value is -1.53. The Kier molecular flexibility index (Phi) is 5.11. The molecule has 3 rings (SSSR count). The molecule has 138 valence electrons. The second-order valence-corrected chi connectivity index (χ2v) is 8.70. The number of amides is 1. The normalized spacial score (nSPS) is 25.6. The number of hydrogen-bond acceptors (Lipinski definition) is 5. The van der Waals surface area contributed by atoms with Crippen LogP contribution in [0.5, 0.6) is 0 Å². The van der Waals surface area contributed by atoms with Gasteiger partial charge in [0.05, 0.1) is 24.1 Å². The van der Waals surface area contributed by atoms with Gasteiger partial charge in [-0.25, -0.2) is 0 Å². The smallest absolute Gasteiger partial charge is 0.222 e. The van der Waals surface area contributed by atoms with Crippen LogP contribution in [0.1, 0.15) is 50.9 Å². The van der Waals surface area contributed by atoms with Crippen molar-refractivity contribution in [2.45, 2.75) is 58.5 Å². The van der Waals surface area contributed by atoms with Crippen molar-refractivity contribution in [1.82, 2.24) is 19.8 Å². The summed E-state index contributed by atoms with van der Waals surface area (Å²) in [6.45, 7) is 10.5. The van der Waals surface area contributed by atoms with E-state index >= 15 is 0 Å². The molecule has 2 saturated heterocycles. The largest absolute Gasteiger partial charge is 0.336 e. The van der Waals surface area contributed by atoms with Gasteiger partial charge in [0.2, 0.25) is 5.91 Å². The summed E-state index contributed by atoms with van der Waals surface area (Å²) in [7, 11) is 0. The summed E-state index contributed by atoms with van der Waals surface area (Å²) in [6, 6.07) is 0. The third kappa shape index (κ3) is 4.76. The molecular weight excluding hydrogens is 314 g/mol. The van der Waals surface area contributed by atoms with Gasteiger partial charge >= 0.3 is 0 Å². The van der Waals surface area contributed by atoms with Crippen molar-refractivity contribution in [3.63, 3.8) is 0 Å². The number of nitrogens with zero attached hydrogens (tertiary/aromatic N) is 4. The van der Waals surface area contributed by atoms with Crippen LogP contribution in [0.15, 0.2) is 12.4 Å². The van der Waals surface area contributed by atoms with Gasteiger partial charge in [-0.15, -0.1) is 0 Å². The molecule has 1 aromatic heterocycles. The number of rotatable bonds is 4. The van der Waals surface area contributed by atoms with Crippen LogP contribution in [0.3, 0.4) is 0 Å². The van der Waals surface area contributed by atoms with Crippen LogP contribution in [-0.4, -0.2) is 57.4 Å². The molecule has 25 heavy (non-hydrogen) atoms. The zero-order chi connectivity index (χ0) is 18.1. The topological polar surface area (TPSA) is 75.3 Å². The molecule has 0 saturated carbocycles. The van der Waals surface area contributed by atoms with Crippen molar-refractivity contribution in [2.75, 3.05) is 26.2 Å². The quantitative estimate of drug-likeness (QED) is 0.899. The third-order valence-corrected chi connectivity index (χ3v) is 5.31. The predicted molar refractivity (Wildman–Crippen MR) is 97.8 cm³/mol.